The number of nitrogens with zero attached hydrogens (tertiary/aromatic N) is 2. The van der Waals surface area contributed by atoms with Gasteiger partial charge in [0.25, 0.3) is 0 Å². The molecule has 1 heterocycles. The number of nitrogens with one attached hydrogen (secondary N) is 1. The molecule has 0 radical (unpaired) electrons. The first kappa shape index (κ1) is 10.9. The quantitative estimate of drug-likeness (QED) is 0.883. The Labute approximate surface area is 102 Å². The van der Waals surface area contributed by atoms with Crippen molar-refractivity contribution in [2.75, 3.05) is 5.32 Å². The first-order valence-corrected chi connectivity index (χ1v) is 5.83. The molecular formula is C11H8ClN3S. The summed E-state index contributed by atoms with van der Waals surface area (Å²) in [6.45, 7) is 1.97. The molecule has 1 aromatic carbocycles. The molecule has 0 saturated carbocycles. The van der Waals surface area contributed by atoms with Crippen molar-refractivity contribution in [3.8, 4) is 6.07 Å². The number of halogens is 1. The molecule has 0 unspecified atom stereocenters. The van der Waals surface area contributed by atoms with Gasteiger partial charge in [-0.15, -0.1) is 11.3 Å². The average molecular weight is 250 g/mol. The lowest BCUT2D eigenvalue weighted by Crippen LogP contribution is -1.94. The third kappa shape index (κ3) is 2.16. The van der Waals surface area contributed by atoms with Gasteiger partial charge in [-0.1, -0.05) is 17.7 Å². The van der Waals surface area contributed by atoms with Crippen LogP contribution in [0.3, 0.4) is 0 Å². The Morgan fingerprint density at radius 3 is 3.06 bits per heavy atom. The van der Waals surface area contributed by atoms with Crippen molar-refractivity contribution in [3.63, 3.8) is 0 Å². The van der Waals surface area contributed by atoms with E-state index in [0.29, 0.717) is 15.7 Å². The number of thiazole rings is 1. The van der Waals surface area contributed by atoms with E-state index in [2.05, 4.69) is 16.4 Å². The fraction of sp³-hybridized carbons (Fsp3) is 0.0909. The molecule has 0 saturated heterocycles. The topological polar surface area (TPSA) is 48.7 Å². The molecule has 1 N–H and O–H groups in total. The van der Waals surface area contributed by atoms with E-state index in [1.54, 1.807) is 5.51 Å². The lowest BCUT2D eigenvalue weighted by atomic mass is 10.2. The van der Waals surface area contributed by atoms with E-state index in [0.717, 1.165) is 11.3 Å². The molecule has 2 rings (SSSR count). The van der Waals surface area contributed by atoms with Crippen LogP contribution in [-0.4, -0.2) is 4.98 Å². The van der Waals surface area contributed by atoms with Crippen LogP contribution in [0.5, 0.6) is 0 Å². The molecule has 0 fully saturated rings. The number of anilines is 2. The molecule has 1 aromatic heterocycles. The molecule has 0 aliphatic heterocycles. The minimum Gasteiger partial charge on any atom is -0.338 e. The van der Waals surface area contributed by atoms with Crippen LogP contribution in [0, 0.1) is 18.3 Å². The fourth-order valence-electron chi connectivity index (χ4n) is 1.27. The van der Waals surface area contributed by atoms with Gasteiger partial charge in [-0.3, -0.25) is 0 Å². The van der Waals surface area contributed by atoms with Gasteiger partial charge in [-0.05, 0) is 24.6 Å². The Morgan fingerprint density at radius 2 is 2.31 bits per heavy atom. The Bertz CT molecular complexity index is 557. The molecule has 2 aromatic rings. The summed E-state index contributed by atoms with van der Waals surface area (Å²) in [6, 6.07) is 7.65. The molecule has 0 aliphatic rings. The Balaban J connectivity index is 2.34. The normalized spacial score (nSPS) is 9.81. The van der Waals surface area contributed by atoms with Crippen molar-refractivity contribution in [1.29, 1.82) is 5.26 Å². The van der Waals surface area contributed by atoms with Crippen LogP contribution in [0.1, 0.15) is 10.4 Å². The second-order valence-electron chi connectivity index (χ2n) is 3.23. The number of aromatic nitrogens is 1. The maximum absolute atomic E-state index is 8.86. The van der Waals surface area contributed by atoms with Crippen molar-refractivity contribution in [1.82, 2.24) is 4.98 Å². The molecular weight excluding hydrogens is 242 g/mol. The summed E-state index contributed by atoms with van der Waals surface area (Å²) >= 11 is 7.22. The Kier molecular flexibility index (Phi) is 3.09. The summed E-state index contributed by atoms with van der Waals surface area (Å²) < 4.78 is 0. The highest BCUT2D eigenvalue weighted by molar-refractivity contribution is 7.10. The van der Waals surface area contributed by atoms with Crippen molar-refractivity contribution in [2.24, 2.45) is 0 Å². The number of nitriles is 1. The molecule has 5 heteroatoms. The van der Waals surface area contributed by atoms with Gasteiger partial charge >= 0.3 is 0 Å². The second-order valence-corrected chi connectivity index (χ2v) is 4.52. The number of hydrogen-bond donors (Lipinski definition) is 1. The average Bonchev–Trinajstić information content (AvgIpc) is 2.71. The summed E-state index contributed by atoms with van der Waals surface area (Å²) in [6.07, 6.45) is 0. The zero-order chi connectivity index (χ0) is 11.5. The van der Waals surface area contributed by atoms with Crippen LogP contribution >= 0.6 is 22.9 Å². The predicted octanol–water partition coefficient (Wildman–Crippen LogP) is 3.72. The van der Waals surface area contributed by atoms with Gasteiger partial charge < -0.3 is 5.32 Å². The lowest BCUT2D eigenvalue weighted by Gasteiger charge is -2.07. The van der Waals surface area contributed by atoms with E-state index in [1.807, 2.05) is 25.1 Å². The van der Waals surface area contributed by atoms with E-state index >= 15 is 0 Å². The first-order chi connectivity index (χ1) is 7.70. The molecule has 0 spiro atoms. The molecule has 80 valence electrons. The van der Waals surface area contributed by atoms with E-state index < -0.39 is 0 Å². The van der Waals surface area contributed by atoms with Crippen molar-refractivity contribution < 1.29 is 0 Å². The minimum atomic E-state index is 0.569. The maximum atomic E-state index is 8.86. The van der Waals surface area contributed by atoms with E-state index in [-0.39, 0.29) is 0 Å². The number of hydrogen-bond acceptors (Lipinski definition) is 4. The molecule has 0 aliphatic carbocycles. The monoisotopic (exact) mass is 249 g/mol. The summed E-state index contributed by atoms with van der Waals surface area (Å²) in [4.78, 5) is 4.66. The van der Waals surface area contributed by atoms with Crippen LogP contribution in [0.25, 0.3) is 0 Å². The molecule has 0 amide bonds. The van der Waals surface area contributed by atoms with Crippen molar-refractivity contribution in [2.45, 2.75) is 6.92 Å². The molecule has 3 nitrogen and oxygen atoms in total. The highest BCUT2D eigenvalue weighted by Gasteiger charge is 2.07. The summed E-state index contributed by atoms with van der Waals surface area (Å²) in [5.41, 5.74) is 3.57. The van der Waals surface area contributed by atoms with Gasteiger partial charge in [-0.25, -0.2) is 4.98 Å². The van der Waals surface area contributed by atoms with E-state index in [9.17, 15) is 0 Å². The Hall–Kier alpha value is -1.57. The van der Waals surface area contributed by atoms with Gasteiger partial charge in [-0.2, -0.15) is 5.26 Å². The number of rotatable bonds is 2. The highest BCUT2D eigenvalue weighted by Crippen LogP contribution is 2.26. The predicted molar refractivity (Wildman–Crippen MR) is 66.3 cm³/mol. The largest absolute Gasteiger partial charge is 0.338 e. The van der Waals surface area contributed by atoms with E-state index in [1.165, 1.54) is 11.3 Å². The third-order valence-corrected chi connectivity index (χ3v) is 3.09. The number of benzene rings is 1. The number of aryl methyl sites for hydroxylation is 1. The Morgan fingerprint density at radius 1 is 1.50 bits per heavy atom. The third-order valence-electron chi connectivity index (χ3n) is 2.12. The summed E-state index contributed by atoms with van der Waals surface area (Å²) in [7, 11) is 0. The lowest BCUT2D eigenvalue weighted by molar-refractivity contribution is 1.34. The van der Waals surface area contributed by atoms with Gasteiger partial charge in [0.1, 0.15) is 10.9 Å². The van der Waals surface area contributed by atoms with Crippen molar-refractivity contribution >= 4 is 34.4 Å². The standard InChI is InChI=1S/C11H8ClN3S/c1-7-2-3-8(12)4-9(7)15-11-10(5-13)16-6-14-11/h2-4,6,15H,1H3. The van der Waals surface area contributed by atoms with Gasteiger partial charge in [0.05, 0.1) is 5.51 Å². The van der Waals surface area contributed by atoms with Crippen LogP contribution in [0.2, 0.25) is 5.02 Å². The van der Waals surface area contributed by atoms with Crippen LogP contribution < -0.4 is 5.32 Å². The smallest absolute Gasteiger partial charge is 0.159 e. The van der Waals surface area contributed by atoms with Gasteiger partial charge in [0, 0.05) is 10.7 Å². The first-order valence-electron chi connectivity index (χ1n) is 4.57. The molecule has 0 atom stereocenters. The summed E-state index contributed by atoms with van der Waals surface area (Å²) in [5, 5.41) is 12.6. The highest BCUT2D eigenvalue weighted by atomic mass is 35.5. The molecule has 0 bridgehead atoms. The zero-order valence-electron chi connectivity index (χ0n) is 8.49. The van der Waals surface area contributed by atoms with Crippen LogP contribution in [0.4, 0.5) is 11.5 Å². The fourth-order valence-corrected chi connectivity index (χ4v) is 1.97. The van der Waals surface area contributed by atoms with Crippen molar-refractivity contribution in [3.05, 3.63) is 39.2 Å². The van der Waals surface area contributed by atoms with Gasteiger partial charge in [0.15, 0.2) is 5.82 Å². The van der Waals surface area contributed by atoms with Gasteiger partial charge in [0.2, 0.25) is 0 Å². The zero-order valence-corrected chi connectivity index (χ0v) is 10.1. The van der Waals surface area contributed by atoms with E-state index in [4.69, 9.17) is 16.9 Å². The van der Waals surface area contributed by atoms with Crippen LogP contribution in [0.15, 0.2) is 23.7 Å². The second kappa shape index (κ2) is 4.52. The maximum Gasteiger partial charge on any atom is 0.159 e. The minimum absolute atomic E-state index is 0.569. The summed E-state index contributed by atoms with van der Waals surface area (Å²) in [5.74, 6) is 0.581. The molecule has 16 heavy (non-hydrogen) atoms. The van der Waals surface area contributed by atoms with Crippen LogP contribution in [-0.2, 0) is 0 Å². The SMILES string of the molecule is Cc1ccc(Cl)cc1Nc1ncsc1C#N.